The summed E-state index contributed by atoms with van der Waals surface area (Å²) in [6, 6.07) is 20.2. The van der Waals surface area contributed by atoms with Gasteiger partial charge in [0.05, 0.1) is 29.3 Å². The van der Waals surface area contributed by atoms with Crippen molar-refractivity contribution < 1.29 is 22.7 Å². The number of sulfonamides is 1. The van der Waals surface area contributed by atoms with Gasteiger partial charge in [0.15, 0.2) is 0 Å². The van der Waals surface area contributed by atoms with Gasteiger partial charge >= 0.3 is 5.97 Å². The number of halogens is 1. The van der Waals surface area contributed by atoms with Crippen LogP contribution in [0.25, 0.3) is 0 Å². The van der Waals surface area contributed by atoms with Gasteiger partial charge in [-0.05, 0) is 92.6 Å². The second-order valence-corrected chi connectivity index (χ2v) is 13.4. The highest BCUT2D eigenvalue weighted by molar-refractivity contribution is 7.92. The van der Waals surface area contributed by atoms with Gasteiger partial charge in [-0.2, -0.15) is 0 Å². The van der Waals surface area contributed by atoms with Crippen molar-refractivity contribution in [2.45, 2.75) is 51.0 Å². The lowest BCUT2D eigenvalue weighted by Gasteiger charge is -2.26. The van der Waals surface area contributed by atoms with Crippen molar-refractivity contribution in [3.8, 4) is 0 Å². The van der Waals surface area contributed by atoms with Gasteiger partial charge in [0, 0.05) is 15.5 Å². The normalized spacial score (nSPS) is 12.8. The molecule has 0 unspecified atom stereocenters. The second kappa shape index (κ2) is 12.7. The lowest BCUT2D eigenvalue weighted by molar-refractivity contribution is 0.0526. The van der Waals surface area contributed by atoms with E-state index in [4.69, 9.17) is 16.3 Å². The Labute approximate surface area is 255 Å². The summed E-state index contributed by atoms with van der Waals surface area (Å²) in [5.74, 6) is -0.774. The van der Waals surface area contributed by atoms with Crippen molar-refractivity contribution in [3.05, 3.63) is 111 Å². The number of anilines is 2. The van der Waals surface area contributed by atoms with Crippen LogP contribution in [0.15, 0.2) is 77.7 Å². The lowest BCUT2D eigenvalue weighted by atomic mass is 9.95. The van der Waals surface area contributed by atoms with Crippen LogP contribution in [-0.4, -0.2) is 26.9 Å². The number of ether oxygens (including phenoxy) is 1. The minimum Gasteiger partial charge on any atom is -0.462 e. The zero-order valence-electron chi connectivity index (χ0n) is 23.4. The molecule has 3 aromatic carbocycles. The summed E-state index contributed by atoms with van der Waals surface area (Å²) in [6.45, 7) is 3.88. The first-order chi connectivity index (χ1) is 20.2. The van der Waals surface area contributed by atoms with Crippen LogP contribution in [0.1, 0.15) is 62.0 Å². The number of carbonyl (C=O) groups excluding carboxylic acids is 2. The first kappa shape index (κ1) is 29.8. The van der Waals surface area contributed by atoms with E-state index in [1.165, 1.54) is 15.6 Å². The number of amides is 1. The predicted octanol–water partition coefficient (Wildman–Crippen LogP) is 7.41. The largest absolute Gasteiger partial charge is 0.462 e. The topological polar surface area (TPSA) is 92.8 Å². The van der Waals surface area contributed by atoms with Crippen LogP contribution in [-0.2, 0) is 34.1 Å². The molecular formula is C32H31ClN2O5S2. The number of benzene rings is 3. The van der Waals surface area contributed by atoms with E-state index in [0.717, 1.165) is 41.7 Å². The third kappa shape index (κ3) is 6.23. The number of thiophene rings is 1. The molecule has 42 heavy (non-hydrogen) atoms. The first-order valence-electron chi connectivity index (χ1n) is 13.7. The average Bonchev–Trinajstić information content (AvgIpc) is 3.36. The molecule has 0 atom stereocenters. The maximum Gasteiger partial charge on any atom is 0.341 e. The van der Waals surface area contributed by atoms with Gasteiger partial charge < -0.3 is 10.1 Å². The Balaban J connectivity index is 1.41. The zero-order valence-corrected chi connectivity index (χ0v) is 25.7. The summed E-state index contributed by atoms with van der Waals surface area (Å²) in [5.41, 5.74) is 3.74. The third-order valence-electron chi connectivity index (χ3n) is 7.19. The predicted molar refractivity (Wildman–Crippen MR) is 167 cm³/mol. The summed E-state index contributed by atoms with van der Waals surface area (Å²) >= 11 is 7.70. The quantitative estimate of drug-likeness (QED) is 0.196. The number of hydrogen-bond donors (Lipinski definition) is 1. The molecule has 0 fully saturated rings. The molecule has 1 heterocycles. The van der Waals surface area contributed by atoms with E-state index in [1.807, 2.05) is 6.92 Å². The van der Waals surface area contributed by atoms with Crippen molar-refractivity contribution in [1.82, 2.24) is 0 Å². The van der Waals surface area contributed by atoms with Crippen molar-refractivity contribution in [2.75, 3.05) is 16.2 Å². The van der Waals surface area contributed by atoms with Crippen LogP contribution < -0.4 is 9.62 Å². The van der Waals surface area contributed by atoms with E-state index < -0.39 is 16.0 Å². The lowest BCUT2D eigenvalue weighted by Crippen LogP contribution is -2.31. The number of esters is 1. The molecule has 4 aromatic rings. The Morgan fingerprint density at radius 2 is 1.71 bits per heavy atom. The first-order valence-corrected chi connectivity index (χ1v) is 16.4. The van der Waals surface area contributed by atoms with Gasteiger partial charge in [-0.3, -0.25) is 9.10 Å². The van der Waals surface area contributed by atoms with Crippen molar-refractivity contribution in [1.29, 1.82) is 0 Å². The minimum atomic E-state index is -3.93. The molecule has 218 valence electrons. The highest BCUT2D eigenvalue weighted by Crippen LogP contribution is 2.39. The molecule has 1 aliphatic carbocycles. The summed E-state index contributed by atoms with van der Waals surface area (Å²) < 4.78 is 34.2. The summed E-state index contributed by atoms with van der Waals surface area (Å²) in [7, 11) is -3.93. The molecular weight excluding hydrogens is 592 g/mol. The van der Waals surface area contributed by atoms with E-state index in [1.54, 1.807) is 79.7 Å². The standard InChI is InChI=1S/C32H31ClN2O5S2/c1-3-40-32(37)29-26-11-7-8-12-28(26)41-31(29)34-30(36)23-16-14-22(15-17-23)20-35(27-19-24(33)18-13-21(27)2)42(38,39)25-9-5-4-6-10-25/h4-6,9-10,13-19H,3,7-8,11-12,20H2,1-2H3,(H,34,36). The van der Waals surface area contributed by atoms with Gasteiger partial charge in [-0.15, -0.1) is 11.3 Å². The van der Waals surface area contributed by atoms with Gasteiger partial charge in [-0.25, -0.2) is 13.2 Å². The number of nitrogens with one attached hydrogen (secondary N) is 1. The highest BCUT2D eigenvalue weighted by Gasteiger charge is 2.29. The second-order valence-electron chi connectivity index (χ2n) is 10.0. The molecule has 0 bridgehead atoms. The van der Waals surface area contributed by atoms with Crippen LogP contribution in [0.2, 0.25) is 5.02 Å². The number of carbonyl (C=O) groups is 2. The third-order valence-corrected chi connectivity index (χ3v) is 10.4. The molecule has 1 aliphatic rings. The fourth-order valence-corrected chi connectivity index (χ4v) is 8.02. The minimum absolute atomic E-state index is 0.0327. The summed E-state index contributed by atoms with van der Waals surface area (Å²) in [5, 5.41) is 3.86. The molecule has 1 N–H and O–H groups in total. The fourth-order valence-electron chi connectivity index (χ4n) is 5.05. The number of aryl methyl sites for hydroxylation is 2. The maximum atomic E-state index is 13.8. The number of nitrogens with zero attached hydrogens (tertiary/aromatic N) is 1. The number of hydrogen-bond acceptors (Lipinski definition) is 6. The Hall–Kier alpha value is -3.66. The van der Waals surface area contributed by atoms with Crippen molar-refractivity contribution in [2.24, 2.45) is 0 Å². The molecule has 0 saturated heterocycles. The van der Waals surface area contributed by atoms with Gasteiger partial charge in [-0.1, -0.05) is 48.0 Å². The maximum absolute atomic E-state index is 13.8. The van der Waals surface area contributed by atoms with E-state index in [2.05, 4.69) is 5.32 Å². The Morgan fingerprint density at radius 1 is 1.00 bits per heavy atom. The van der Waals surface area contributed by atoms with Gasteiger partial charge in [0.2, 0.25) is 0 Å². The van der Waals surface area contributed by atoms with E-state index in [0.29, 0.717) is 32.4 Å². The molecule has 0 spiro atoms. The van der Waals surface area contributed by atoms with Crippen LogP contribution >= 0.6 is 22.9 Å². The van der Waals surface area contributed by atoms with Crippen LogP contribution in [0.3, 0.4) is 0 Å². The molecule has 7 nitrogen and oxygen atoms in total. The van der Waals surface area contributed by atoms with Crippen LogP contribution in [0.4, 0.5) is 10.7 Å². The van der Waals surface area contributed by atoms with Crippen LogP contribution in [0.5, 0.6) is 0 Å². The summed E-state index contributed by atoms with van der Waals surface area (Å²) in [4.78, 5) is 27.3. The van der Waals surface area contributed by atoms with Gasteiger partial charge in [0.1, 0.15) is 5.00 Å². The van der Waals surface area contributed by atoms with Crippen molar-refractivity contribution >= 4 is 55.5 Å². The molecule has 0 radical (unpaired) electrons. The van der Waals surface area contributed by atoms with E-state index in [9.17, 15) is 18.0 Å². The SMILES string of the molecule is CCOC(=O)c1c(NC(=O)c2ccc(CN(c3cc(Cl)ccc3C)S(=O)(=O)c3ccccc3)cc2)sc2c1CCCC2. The molecule has 0 saturated carbocycles. The smallest absolute Gasteiger partial charge is 0.341 e. The van der Waals surface area contributed by atoms with E-state index >= 15 is 0 Å². The number of rotatable bonds is 9. The molecule has 1 amide bonds. The Kier molecular flexibility index (Phi) is 9.01. The fraction of sp³-hybridized carbons (Fsp3) is 0.250. The average molecular weight is 623 g/mol. The summed E-state index contributed by atoms with van der Waals surface area (Å²) in [6.07, 6.45) is 3.72. The molecule has 5 rings (SSSR count). The monoisotopic (exact) mass is 622 g/mol. The van der Waals surface area contributed by atoms with E-state index in [-0.39, 0.29) is 24.0 Å². The molecule has 0 aliphatic heterocycles. The van der Waals surface area contributed by atoms with Crippen molar-refractivity contribution in [3.63, 3.8) is 0 Å². The zero-order chi connectivity index (χ0) is 29.9. The Morgan fingerprint density at radius 3 is 2.43 bits per heavy atom. The van der Waals surface area contributed by atoms with Gasteiger partial charge in [0.25, 0.3) is 15.9 Å². The number of fused-ring (bicyclic) bond motifs is 1. The molecule has 1 aromatic heterocycles. The molecule has 10 heteroatoms. The van der Waals surface area contributed by atoms with Crippen LogP contribution in [0, 0.1) is 6.92 Å². The highest BCUT2D eigenvalue weighted by atomic mass is 35.5. The Bertz CT molecular complexity index is 1720.